The van der Waals surface area contributed by atoms with Gasteiger partial charge in [-0.25, -0.2) is 0 Å². The van der Waals surface area contributed by atoms with E-state index in [1.54, 1.807) is 7.11 Å². The van der Waals surface area contributed by atoms with E-state index in [2.05, 4.69) is 26.0 Å². The predicted molar refractivity (Wildman–Crippen MR) is 64.8 cm³/mol. The molecular weight excluding hydrogens is 200 g/mol. The zero-order valence-electron chi connectivity index (χ0n) is 10.2. The van der Waals surface area contributed by atoms with Crippen molar-refractivity contribution < 1.29 is 9.84 Å². The first-order chi connectivity index (χ1) is 7.55. The number of ether oxygens (including phenoxy) is 1. The molecule has 2 nitrogen and oxygen atoms in total. The van der Waals surface area contributed by atoms with Crippen molar-refractivity contribution in [1.29, 1.82) is 0 Å². The first kappa shape index (κ1) is 11.5. The van der Waals surface area contributed by atoms with Crippen molar-refractivity contribution in [1.82, 2.24) is 0 Å². The zero-order valence-corrected chi connectivity index (χ0v) is 10.2. The Morgan fingerprint density at radius 2 is 1.81 bits per heavy atom. The quantitative estimate of drug-likeness (QED) is 0.830. The summed E-state index contributed by atoms with van der Waals surface area (Å²) >= 11 is 0. The van der Waals surface area contributed by atoms with Gasteiger partial charge < -0.3 is 9.84 Å². The van der Waals surface area contributed by atoms with Crippen LogP contribution in [0.5, 0.6) is 5.75 Å². The molecule has 1 aliphatic carbocycles. The van der Waals surface area contributed by atoms with Gasteiger partial charge >= 0.3 is 0 Å². The van der Waals surface area contributed by atoms with Gasteiger partial charge in [0, 0.05) is 0 Å². The van der Waals surface area contributed by atoms with Crippen LogP contribution in [0, 0.1) is 5.41 Å². The monoisotopic (exact) mass is 220 g/mol. The van der Waals surface area contributed by atoms with Gasteiger partial charge in [-0.3, -0.25) is 0 Å². The average Bonchev–Trinajstić information content (AvgIpc) is 2.54. The smallest absolute Gasteiger partial charge is 0.118 e. The highest BCUT2D eigenvalue weighted by atomic mass is 16.5. The lowest BCUT2D eigenvalue weighted by atomic mass is 9.76. The van der Waals surface area contributed by atoms with E-state index < -0.39 is 0 Å². The van der Waals surface area contributed by atoms with E-state index in [0.29, 0.717) is 5.92 Å². The maximum Gasteiger partial charge on any atom is 0.118 e. The lowest BCUT2D eigenvalue weighted by Gasteiger charge is -2.30. The molecule has 1 fully saturated rings. The summed E-state index contributed by atoms with van der Waals surface area (Å²) < 4.78 is 5.16. The summed E-state index contributed by atoms with van der Waals surface area (Å²) in [4.78, 5) is 0. The Morgan fingerprint density at radius 1 is 1.19 bits per heavy atom. The highest BCUT2D eigenvalue weighted by molar-refractivity contribution is 5.31. The van der Waals surface area contributed by atoms with Crippen molar-refractivity contribution in [3.63, 3.8) is 0 Å². The molecule has 1 aromatic rings. The van der Waals surface area contributed by atoms with Crippen molar-refractivity contribution in [2.75, 3.05) is 7.11 Å². The number of hydrogen-bond donors (Lipinski definition) is 1. The predicted octanol–water partition coefficient (Wildman–Crippen LogP) is 2.96. The molecule has 0 amide bonds. The van der Waals surface area contributed by atoms with Crippen molar-refractivity contribution in [3.8, 4) is 5.75 Å². The fourth-order valence-corrected chi connectivity index (χ4v) is 2.73. The molecule has 1 aromatic carbocycles. The molecule has 0 saturated heterocycles. The summed E-state index contributed by atoms with van der Waals surface area (Å²) in [6.07, 6.45) is 1.80. The molecule has 0 unspecified atom stereocenters. The van der Waals surface area contributed by atoms with Crippen molar-refractivity contribution in [2.45, 2.75) is 38.7 Å². The van der Waals surface area contributed by atoms with Crippen LogP contribution in [0.4, 0.5) is 0 Å². The summed E-state index contributed by atoms with van der Waals surface area (Å²) in [5.74, 6) is 1.34. The average molecular weight is 220 g/mol. The van der Waals surface area contributed by atoms with Crippen molar-refractivity contribution in [3.05, 3.63) is 29.8 Å². The van der Waals surface area contributed by atoms with E-state index in [9.17, 15) is 5.11 Å². The Hall–Kier alpha value is -1.02. The van der Waals surface area contributed by atoms with Gasteiger partial charge in [0.1, 0.15) is 5.75 Å². The molecule has 2 atom stereocenters. The van der Waals surface area contributed by atoms with Crippen LogP contribution < -0.4 is 4.74 Å². The first-order valence-corrected chi connectivity index (χ1v) is 5.87. The second-order valence-corrected chi connectivity index (χ2v) is 5.24. The normalized spacial score (nSPS) is 28.0. The van der Waals surface area contributed by atoms with Gasteiger partial charge in [-0.1, -0.05) is 26.0 Å². The fraction of sp³-hybridized carbons (Fsp3) is 0.571. The molecule has 1 saturated carbocycles. The second-order valence-electron chi connectivity index (χ2n) is 5.24. The highest BCUT2D eigenvalue weighted by Crippen LogP contribution is 2.48. The molecule has 0 heterocycles. The Bertz CT molecular complexity index is 354. The van der Waals surface area contributed by atoms with Crippen LogP contribution in [0.25, 0.3) is 0 Å². The SMILES string of the molecule is COc1ccc([C@@H]2CC[C@H](O)C2(C)C)cc1. The molecule has 0 spiro atoms. The number of aliphatic hydroxyl groups excluding tert-OH is 1. The van der Waals surface area contributed by atoms with E-state index in [1.807, 2.05) is 12.1 Å². The highest BCUT2D eigenvalue weighted by Gasteiger charge is 2.42. The molecule has 1 N–H and O–H groups in total. The third-order valence-corrected chi connectivity index (χ3v) is 4.00. The maximum atomic E-state index is 9.96. The minimum absolute atomic E-state index is 0.0193. The molecule has 0 radical (unpaired) electrons. The lowest BCUT2D eigenvalue weighted by molar-refractivity contribution is 0.0706. The van der Waals surface area contributed by atoms with E-state index in [-0.39, 0.29) is 11.5 Å². The van der Waals surface area contributed by atoms with Crippen LogP contribution in [-0.4, -0.2) is 18.3 Å². The second kappa shape index (κ2) is 4.10. The van der Waals surface area contributed by atoms with Crippen LogP contribution in [0.3, 0.4) is 0 Å². The lowest BCUT2D eigenvalue weighted by Crippen LogP contribution is -2.27. The van der Waals surface area contributed by atoms with Gasteiger partial charge in [-0.15, -0.1) is 0 Å². The first-order valence-electron chi connectivity index (χ1n) is 5.87. The number of methoxy groups -OCH3 is 1. The number of benzene rings is 1. The van der Waals surface area contributed by atoms with E-state index in [4.69, 9.17) is 4.74 Å². The zero-order chi connectivity index (χ0) is 11.8. The Labute approximate surface area is 97.3 Å². The standard InChI is InChI=1S/C14H20O2/c1-14(2)12(8-9-13(14)15)10-4-6-11(16-3)7-5-10/h4-7,12-13,15H,8-9H2,1-3H3/t12-,13-/m0/s1. The maximum absolute atomic E-state index is 9.96. The molecule has 16 heavy (non-hydrogen) atoms. The molecule has 1 aliphatic rings. The van der Waals surface area contributed by atoms with E-state index in [1.165, 1.54) is 5.56 Å². The Kier molecular flexibility index (Phi) is 2.94. The molecule has 2 rings (SSSR count). The fourth-order valence-electron chi connectivity index (χ4n) is 2.73. The van der Waals surface area contributed by atoms with E-state index in [0.717, 1.165) is 18.6 Å². The van der Waals surface area contributed by atoms with Gasteiger partial charge in [0.25, 0.3) is 0 Å². The molecular formula is C14H20O2. The van der Waals surface area contributed by atoms with Crippen LogP contribution in [-0.2, 0) is 0 Å². The third kappa shape index (κ3) is 1.82. The molecule has 0 aliphatic heterocycles. The molecule has 88 valence electrons. The molecule has 0 bridgehead atoms. The summed E-state index contributed by atoms with van der Waals surface area (Å²) in [5.41, 5.74) is 1.29. The Morgan fingerprint density at radius 3 is 2.25 bits per heavy atom. The van der Waals surface area contributed by atoms with Gasteiger partial charge in [0.05, 0.1) is 13.2 Å². The van der Waals surface area contributed by atoms with Crippen LogP contribution >= 0.6 is 0 Å². The number of aliphatic hydroxyl groups is 1. The minimum atomic E-state index is -0.181. The molecule has 0 aromatic heterocycles. The van der Waals surface area contributed by atoms with Gasteiger partial charge in [-0.2, -0.15) is 0 Å². The number of rotatable bonds is 2. The van der Waals surface area contributed by atoms with Gasteiger partial charge in [-0.05, 0) is 41.9 Å². The summed E-state index contributed by atoms with van der Waals surface area (Å²) in [6, 6.07) is 8.22. The van der Waals surface area contributed by atoms with Crippen molar-refractivity contribution in [2.24, 2.45) is 5.41 Å². The summed E-state index contributed by atoms with van der Waals surface area (Å²) in [7, 11) is 1.68. The Balaban J connectivity index is 2.24. The van der Waals surface area contributed by atoms with Gasteiger partial charge in [0.2, 0.25) is 0 Å². The van der Waals surface area contributed by atoms with Crippen molar-refractivity contribution >= 4 is 0 Å². The summed E-state index contributed by atoms with van der Waals surface area (Å²) in [6.45, 7) is 4.30. The number of hydrogen-bond acceptors (Lipinski definition) is 2. The van der Waals surface area contributed by atoms with Crippen LogP contribution in [0.1, 0.15) is 38.2 Å². The van der Waals surface area contributed by atoms with Crippen LogP contribution in [0.15, 0.2) is 24.3 Å². The van der Waals surface area contributed by atoms with E-state index >= 15 is 0 Å². The largest absolute Gasteiger partial charge is 0.497 e. The molecule has 2 heteroatoms. The van der Waals surface area contributed by atoms with Crippen LogP contribution in [0.2, 0.25) is 0 Å². The van der Waals surface area contributed by atoms with Gasteiger partial charge in [0.15, 0.2) is 0 Å². The topological polar surface area (TPSA) is 29.5 Å². The summed E-state index contributed by atoms with van der Waals surface area (Å²) in [5, 5.41) is 9.96. The third-order valence-electron chi connectivity index (χ3n) is 4.00. The minimum Gasteiger partial charge on any atom is -0.497 e.